The van der Waals surface area contributed by atoms with Gasteiger partial charge in [0, 0.05) is 13.1 Å². The maximum atomic E-state index is 12.2. The third kappa shape index (κ3) is 5.24. The topological polar surface area (TPSA) is 29.5 Å². The maximum absolute atomic E-state index is 12.2. The summed E-state index contributed by atoms with van der Waals surface area (Å²) < 4.78 is 5.42. The Morgan fingerprint density at radius 3 is 2.09 bits per heavy atom. The normalized spacial score (nSPS) is 10.2. The molecule has 0 fully saturated rings. The molecule has 0 atom stereocenters. The number of carbonyl (C=O) groups excluding carboxylic acids is 1. The Kier molecular flexibility index (Phi) is 6.49. The lowest BCUT2D eigenvalue weighted by Crippen LogP contribution is -2.34. The highest BCUT2D eigenvalue weighted by Gasteiger charge is 2.14. The second kappa shape index (κ2) is 8.88. The van der Waals surface area contributed by atoms with Crippen molar-refractivity contribution in [2.45, 2.75) is 26.4 Å². The van der Waals surface area contributed by atoms with Crippen LogP contribution in [0, 0.1) is 0 Å². The number of hydrogen-bond acceptors (Lipinski definition) is 2. The van der Waals surface area contributed by atoms with Crippen LogP contribution in [0.1, 0.15) is 24.5 Å². The van der Waals surface area contributed by atoms with Crippen LogP contribution < -0.4 is 0 Å². The molecule has 0 spiro atoms. The summed E-state index contributed by atoms with van der Waals surface area (Å²) in [7, 11) is 0. The Morgan fingerprint density at radius 1 is 0.909 bits per heavy atom. The fourth-order valence-electron chi connectivity index (χ4n) is 2.28. The standard InChI is InChI=1S/C19H23NO2/c1-2-14-20(15-13-17-9-5-3-6-10-17)19(21)22-16-18-11-7-4-8-12-18/h3-12H,2,13-16H2,1H3. The zero-order valence-corrected chi connectivity index (χ0v) is 13.1. The number of nitrogens with zero attached hydrogens (tertiary/aromatic N) is 1. The molecule has 0 aromatic heterocycles. The average molecular weight is 297 g/mol. The van der Waals surface area contributed by atoms with Gasteiger partial charge in [-0.25, -0.2) is 4.79 Å². The average Bonchev–Trinajstić information content (AvgIpc) is 2.58. The number of hydrogen-bond donors (Lipinski definition) is 0. The van der Waals surface area contributed by atoms with Crippen LogP contribution in [0.2, 0.25) is 0 Å². The molecule has 2 rings (SSSR count). The van der Waals surface area contributed by atoms with Crippen LogP contribution in [0.5, 0.6) is 0 Å². The van der Waals surface area contributed by atoms with Gasteiger partial charge in [0.25, 0.3) is 0 Å². The highest BCUT2D eigenvalue weighted by molar-refractivity contribution is 5.67. The summed E-state index contributed by atoms with van der Waals surface area (Å²) in [5.41, 5.74) is 2.25. The molecule has 0 aliphatic carbocycles. The quantitative estimate of drug-likeness (QED) is 0.763. The third-order valence-electron chi connectivity index (χ3n) is 3.47. The van der Waals surface area contributed by atoms with E-state index in [1.807, 2.05) is 48.5 Å². The van der Waals surface area contributed by atoms with Crippen LogP contribution in [-0.2, 0) is 17.8 Å². The molecule has 0 bridgehead atoms. The van der Waals surface area contributed by atoms with Crippen molar-refractivity contribution in [2.24, 2.45) is 0 Å². The van der Waals surface area contributed by atoms with Gasteiger partial charge in [-0.2, -0.15) is 0 Å². The van der Waals surface area contributed by atoms with E-state index in [0.29, 0.717) is 13.2 Å². The van der Waals surface area contributed by atoms with Gasteiger partial charge >= 0.3 is 6.09 Å². The largest absolute Gasteiger partial charge is 0.445 e. The van der Waals surface area contributed by atoms with E-state index in [4.69, 9.17) is 4.74 Å². The lowest BCUT2D eigenvalue weighted by Gasteiger charge is -2.21. The molecule has 2 aromatic rings. The maximum Gasteiger partial charge on any atom is 0.410 e. The van der Waals surface area contributed by atoms with Gasteiger partial charge in [0.1, 0.15) is 6.61 Å². The first-order valence-electron chi connectivity index (χ1n) is 7.79. The fourth-order valence-corrected chi connectivity index (χ4v) is 2.28. The van der Waals surface area contributed by atoms with Crippen molar-refractivity contribution in [2.75, 3.05) is 13.1 Å². The van der Waals surface area contributed by atoms with Crippen LogP contribution in [0.25, 0.3) is 0 Å². The molecular weight excluding hydrogens is 274 g/mol. The summed E-state index contributed by atoms with van der Waals surface area (Å²) in [6.45, 7) is 3.80. The molecule has 0 saturated heterocycles. The smallest absolute Gasteiger partial charge is 0.410 e. The lowest BCUT2D eigenvalue weighted by atomic mass is 10.1. The summed E-state index contributed by atoms with van der Waals surface area (Å²) in [6, 6.07) is 20.0. The summed E-state index contributed by atoms with van der Waals surface area (Å²) in [4.78, 5) is 14.0. The molecular formula is C19H23NO2. The van der Waals surface area contributed by atoms with Gasteiger partial charge in [-0.15, -0.1) is 0 Å². The van der Waals surface area contributed by atoms with Crippen LogP contribution in [0.3, 0.4) is 0 Å². The highest BCUT2D eigenvalue weighted by Crippen LogP contribution is 2.06. The van der Waals surface area contributed by atoms with E-state index >= 15 is 0 Å². The zero-order valence-electron chi connectivity index (χ0n) is 13.1. The van der Waals surface area contributed by atoms with Crippen LogP contribution in [0.15, 0.2) is 60.7 Å². The number of carbonyl (C=O) groups is 1. The predicted octanol–water partition coefficient (Wildman–Crippen LogP) is 4.28. The molecule has 2 aromatic carbocycles. The molecule has 0 unspecified atom stereocenters. The number of rotatable bonds is 7. The van der Waals surface area contributed by atoms with Gasteiger partial charge in [0.15, 0.2) is 0 Å². The molecule has 3 heteroatoms. The first-order chi connectivity index (χ1) is 10.8. The Hall–Kier alpha value is -2.29. The van der Waals surface area contributed by atoms with Crippen molar-refractivity contribution < 1.29 is 9.53 Å². The molecule has 22 heavy (non-hydrogen) atoms. The second-order valence-corrected chi connectivity index (χ2v) is 5.26. The van der Waals surface area contributed by atoms with E-state index in [1.54, 1.807) is 4.90 Å². The fraction of sp³-hybridized carbons (Fsp3) is 0.316. The Labute approximate surface area is 132 Å². The van der Waals surface area contributed by atoms with Gasteiger partial charge < -0.3 is 9.64 Å². The minimum Gasteiger partial charge on any atom is -0.445 e. The Morgan fingerprint density at radius 2 is 1.50 bits per heavy atom. The van der Waals surface area contributed by atoms with E-state index in [9.17, 15) is 4.79 Å². The van der Waals surface area contributed by atoms with Crippen LogP contribution in [-0.4, -0.2) is 24.1 Å². The molecule has 0 radical (unpaired) electrons. The summed E-state index contributed by atoms with van der Waals surface area (Å²) in [5.74, 6) is 0. The van der Waals surface area contributed by atoms with Crippen molar-refractivity contribution in [1.82, 2.24) is 4.90 Å². The van der Waals surface area contributed by atoms with E-state index in [0.717, 1.165) is 24.9 Å². The van der Waals surface area contributed by atoms with Crippen molar-refractivity contribution in [3.63, 3.8) is 0 Å². The van der Waals surface area contributed by atoms with Crippen molar-refractivity contribution in [3.05, 3.63) is 71.8 Å². The predicted molar refractivity (Wildman–Crippen MR) is 88.6 cm³/mol. The molecule has 0 heterocycles. The Balaban J connectivity index is 1.85. The molecule has 0 saturated carbocycles. The van der Waals surface area contributed by atoms with E-state index in [1.165, 1.54) is 5.56 Å². The highest BCUT2D eigenvalue weighted by atomic mass is 16.6. The zero-order chi connectivity index (χ0) is 15.6. The number of ether oxygens (including phenoxy) is 1. The summed E-state index contributed by atoms with van der Waals surface area (Å²) in [6.07, 6.45) is 1.54. The number of benzene rings is 2. The monoisotopic (exact) mass is 297 g/mol. The molecule has 0 aliphatic heterocycles. The van der Waals surface area contributed by atoms with Crippen molar-refractivity contribution in [1.29, 1.82) is 0 Å². The van der Waals surface area contributed by atoms with Crippen LogP contribution in [0.4, 0.5) is 4.79 Å². The minimum atomic E-state index is -0.235. The van der Waals surface area contributed by atoms with E-state index < -0.39 is 0 Å². The van der Waals surface area contributed by atoms with Gasteiger partial charge in [0.05, 0.1) is 0 Å². The van der Waals surface area contributed by atoms with Gasteiger partial charge in [-0.3, -0.25) is 0 Å². The lowest BCUT2D eigenvalue weighted by molar-refractivity contribution is 0.0965. The molecule has 116 valence electrons. The first kappa shape index (κ1) is 16.1. The first-order valence-corrected chi connectivity index (χ1v) is 7.79. The van der Waals surface area contributed by atoms with Crippen molar-refractivity contribution in [3.8, 4) is 0 Å². The summed E-state index contributed by atoms with van der Waals surface area (Å²) in [5, 5.41) is 0. The van der Waals surface area contributed by atoms with Gasteiger partial charge in [-0.05, 0) is 24.0 Å². The molecule has 3 nitrogen and oxygen atoms in total. The number of amides is 1. The van der Waals surface area contributed by atoms with Crippen molar-refractivity contribution >= 4 is 6.09 Å². The Bertz CT molecular complexity index is 554. The third-order valence-corrected chi connectivity index (χ3v) is 3.47. The van der Waals surface area contributed by atoms with E-state index in [-0.39, 0.29) is 6.09 Å². The molecule has 0 aliphatic rings. The molecule has 0 N–H and O–H groups in total. The van der Waals surface area contributed by atoms with Crippen LogP contribution >= 0.6 is 0 Å². The van der Waals surface area contributed by atoms with Gasteiger partial charge in [-0.1, -0.05) is 67.6 Å². The van der Waals surface area contributed by atoms with E-state index in [2.05, 4.69) is 19.1 Å². The SMILES string of the molecule is CCCN(CCc1ccccc1)C(=O)OCc1ccccc1. The van der Waals surface area contributed by atoms with Gasteiger partial charge in [0.2, 0.25) is 0 Å². The second-order valence-electron chi connectivity index (χ2n) is 5.26. The minimum absolute atomic E-state index is 0.235. The molecule has 1 amide bonds. The summed E-state index contributed by atoms with van der Waals surface area (Å²) >= 11 is 0.